The number of hydrogen-bond acceptors (Lipinski definition) is 3. The van der Waals surface area contributed by atoms with Crippen LogP contribution in [0.5, 0.6) is 0 Å². The Morgan fingerprint density at radius 1 is 1.47 bits per heavy atom. The molecule has 1 rings (SSSR count). The molecule has 1 aromatic rings. The van der Waals surface area contributed by atoms with Crippen molar-refractivity contribution in [2.75, 3.05) is 11.9 Å². The number of anilines is 1. The fraction of sp³-hybridized carbons (Fsp3) is 0.385. The van der Waals surface area contributed by atoms with Crippen molar-refractivity contribution in [3.8, 4) is 0 Å². The zero-order chi connectivity index (χ0) is 14.3. The molecule has 1 aromatic carbocycles. The van der Waals surface area contributed by atoms with Crippen molar-refractivity contribution in [3.05, 3.63) is 30.1 Å². The van der Waals surface area contributed by atoms with Gasteiger partial charge in [0.25, 0.3) is 0 Å². The van der Waals surface area contributed by atoms with Gasteiger partial charge in [-0.1, -0.05) is 13.0 Å². The molecule has 104 valence electrons. The van der Waals surface area contributed by atoms with Gasteiger partial charge in [0.05, 0.1) is 18.9 Å². The Labute approximate surface area is 110 Å². The number of carboxylic acid groups (broad SMARTS) is 1. The summed E-state index contributed by atoms with van der Waals surface area (Å²) < 4.78 is 12.9. The molecule has 0 aliphatic heterocycles. The number of carbonyl (C=O) groups is 2. The van der Waals surface area contributed by atoms with E-state index in [0.29, 0.717) is 12.2 Å². The smallest absolute Gasteiger partial charge is 0.230 e. The maximum absolute atomic E-state index is 12.9. The lowest BCUT2D eigenvalue weighted by atomic mass is 10.2. The Bertz CT molecular complexity index is 451. The number of quaternary nitrogens is 1. The Balaban J connectivity index is 2.55. The second kappa shape index (κ2) is 7.48. The molecular weight excluding hydrogens is 251 g/mol. The first kappa shape index (κ1) is 15.1. The molecule has 0 unspecified atom stereocenters. The molecule has 0 fully saturated rings. The lowest BCUT2D eigenvalue weighted by Gasteiger charge is -2.15. The van der Waals surface area contributed by atoms with Gasteiger partial charge in [0.1, 0.15) is 11.9 Å². The summed E-state index contributed by atoms with van der Waals surface area (Å²) in [4.78, 5) is 22.5. The number of benzene rings is 1. The van der Waals surface area contributed by atoms with Crippen LogP contribution in [-0.4, -0.2) is 24.5 Å². The van der Waals surface area contributed by atoms with Gasteiger partial charge in [-0.2, -0.15) is 0 Å². The van der Waals surface area contributed by atoms with Crippen LogP contribution in [0.3, 0.4) is 0 Å². The SMILES string of the molecule is CCC[NH2+][C@@H](CC(=O)Nc1cccc(F)c1)C(=O)[O-]. The average Bonchev–Trinajstić information content (AvgIpc) is 2.34. The van der Waals surface area contributed by atoms with Gasteiger partial charge in [0, 0.05) is 5.69 Å². The number of nitrogens with one attached hydrogen (secondary N) is 1. The second-order valence-corrected chi connectivity index (χ2v) is 4.21. The molecule has 0 aliphatic rings. The molecule has 0 aliphatic carbocycles. The molecule has 6 heteroatoms. The summed E-state index contributed by atoms with van der Waals surface area (Å²) in [6.45, 7) is 2.52. The Morgan fingerprint density at radius 3 is 2.79 bits per heavy atom. The van der Waals surface area contributed by atoms with Gasteiger partial charge in [-0.05, 0) is 24.6 Å². The highest BCUT2D eigenvalue weighted by Gasteiger charge is 2.17. The Morgan fingerprint density at radius 2 is 2.21 bits per heavy atom. The van der Waals surface area contributed by atoms with E-state index in [-0.39, 0.29) is 6.42 Å². The van der Waals surface area contributed by atoms with Crippen LogP contribution in [0.15, 0.2) is 24.3 Å². The van der Waals surface area contributed by atoms with Crippen LogP contribution >= 0.6 is 0 Å². The number of carboxylic acids is 1. The fourth-order valence-corrected chi connectivity index (χ4v) is 1.61. The summed E-state index contributed by atoms with van der Waals surface area (Å²) in [5.41, 5.74) is 0.303. The van der Waals surface area contributed by atoms with E-state index in [1.807, 2.05) is 6.92 Å². The highest BCUT2D eigenvalue weighted by atomic mass is 19.1. The van der Waals surface area contributed by atoms with Gasteiger partial charge in [-0.3, -0.25) is 4.79 Å². The van der Waals surface area contributed by atoms with Gasteiger partial charge < -0.3 is 20.5 Å². The van der Waals surface area contributed by atoms with Crippen molar-refractivity contribution < 1.29 is 24.4 Å². The molecule has 0 saturated carbocycles. The summed E-state index contributed by atoms with van der Waals surface area (Å²) in [5.74, 6) is -2.22. The van der Waals surface area contributed by atoms with E-state index < -0.39 is 23.7 Å². The molecule has 1 amide bonds. The fourth-order valence-electron chi connectivity index (χ4n) is 1.61. The lowest BCUT2D eigenvalue weighted by molar-refractivity contribution is -0.682. The molecule has 19 heavy (non-hydrogen) atoms. The van der Waals surface area contributed by atoms with Gasteiger partial charge in [-0.25, -0.2) is 4.39 Å². The van der Waals surface area contributed by atoms with Gasteiger partial charge in [-0.15, -0.1) is 0 Å². The third-order valence-corrected chi connectivity index (χ3v) is 2.56. The summed E-state index contributed by atoms with van der Waals surface area (Å²) in [5, 5.41) is 14.9. The zero-order valence-electron chi connectivity index (χ0n) is 10.7. The van der Waals surface area contributed by atoms with Crippen LogP contribution in [0.1, 0.15) is 19.8 Å². The molecule has 0 saturated heterocycles. The molecule has 3 N–H and O–H groups in total. The van der Waals surface area contributed by atoms with E-state index in [9.17, 15) is 19.1 Å². The first-order chi connectivity index (χ1) is 9.02. The summed E-state index contributed by atoms with van der Waals surface area (Å²) in [6.07, 6.45) is 0.591. The number of hydrogen-bond donors (Lipinski definition) is 2. The Kier molecular flexibility index (Phi) is 5.95. The number of halogens is 1. The summed E-state index contributed by atoms with van der Waals surface area (Å²) >= 11 is 0. The minimum atomic E-state index is -1.28. The average molecular weight is 268 g/mol. The van der Waals surface area contributed by atoms with Crippen LogP contribution in [0, 0.1) is 5.82 Å². The van der Waals surface area contributed by atoms with E-state index in [1.54, 1.807) is 5.32 Å². The summed E-state index contributed by atoms with van der Waals surface area (Å²) in [7, 11) is 0. The predicted molar refractivity (Wildman–Crippen MR) is 65.5 cm³/mol. The van der Waals surface area contributed by atoms with Crippen molar-refractivity contribution in [2.45, 2.75) is 25.8 Å². The zero-order valence-corrected chi connectivity index (χ0v) is 10.7. The minimum Gasteiger partial charge on any atom is -0.544 e. The predicted octanol–water partition coefficient (Wildman–Crippen LogP) is -0.754. The van der Waals surface area contributed by atoms with Crippen LogP contribution in [-0.2, 0) is 9.59 Å². The molecule has 0 bridgehead atoms. The van der Waals surface area contributed by atoms with Crippen LogP contribution < -0.4 is 15.7 Å². The Hall–Kier alpha value is -1.95. The number of carbonyl (C=O) groups excluding carboxylic acids is 2. The highest BCUT2D eigenvalue weighted by molar-refractivity contribution is 5.93. The molecule has 0 radical (unpaired) electrons. The van der Waals surface area contributed by atoms with Crippen LogP contribution in [0.4, 0.5) is 10.1 Å². The van der Waals surface area contributed by atoms with E-state index in [2.05, 4.69) is 5.32 Å². The minimum absolute atomic E-state index is 0.209. The topological polar surface area (TPSA) is 85.8 Å². The van der Waals surface area contributed by atoms with Gasteiger partial charge >= 0.3 is 0 Å². The molecule has 5 nitrogen and oxygen atoms in total. The van der Waals surface area contributed by atoms with E-state index >= 15 is 0 Å². The van der Waals surface area contributed by atoms with Crippen molar-refractivity contribution in [1.82, 2.24) is 0 Å². The lowest BCUT2D eigenvalue weighted by Crippen LogP contribution is -2.93. The molecule has 1 atom stereocenters. The maximum atomic E-state index is 12.9. The van der Waals surface area contributed by atoms with E-state index in [4.69, 9.17) is 0 Å². The van der Waals surface area contributed by atoms with Gasteiger partial charge in [0.2, 0.25) is 5.91 Å². The maximum Gasteiger partial charge on any atom is 0.230 e. The van der Waals surface area contributed by atoms with Crippen LogP contribution in [0.25, 0.3) is 0 Å². The van der Waals surface area contributed by atoms with Gasteiger partial charge in [0.15, 0.2) is 0 Å². The third kappa shape index (κ3) is 5.48. The monoisotopic (exact) mass is 268 g/mol. The van der Waals surface area contributed by atoms with E-state index in [0.717, 1.165) is 6.42 Å². The van der Waals surface area contributed by atoms with Crippen molar-refractivity contribution >= 4 is 17.6 Å². The van der Waals surface area contributed by atoms with Crippen LogP contribution in [0.2, 0.25) is 0 Å². The molecule has 0 heterocycles. The normalized spacial score (nSPS) is 11.9. The van der Waals surface area contributed by atoms with E-state index in [1.165, 1.54) is 24.3 Å². The number of amides is 1. The largest absolute Gasteiger partial charge is 0.544 e. The third-order valence-electron chi connectivity index (χ3n) is 2.56. The quantitative estimate of drug-likeness (QED) is 0.682. The first-order valence-corrected chi connectivity index (χ1v) is 6.12. The number of nitrogens with two attached hydrogens (primary N) is 1. The van der Waals surface area contributed by atoms with Crippen molar-refractivity contribution in [3.63, 3.8) is 0 Å². The number of aliphatic carboxylic acids is 1. The highest BCUT2D eigenvalue weighted by Crippen LogP contribution is 2.09. The molecule has 0 spiro atoms. The van der Waals surface area contributed by atoms with Crippen molar-refractivity contribution in [2.24, 2.45) is 0 Å². The second-order valence-electron chi connectivity index (χ2n) is 4.21. The van der Waals surface area contributed by atoms with Crippen molar-refractivity contribution in [1.29, 1.82) is 0 Å². The standard InChI is InChI=1S/C13H17FN2O3/c1-2-6-15-11(13(18)19)8-12(17)16-10-5-3-4-9(14)7-10/h3-5,7,11,15H,2,6,8H2,1H3,(H,16,17)(H,18,19)/t11-/m0/s1. The summed E-state index contributed by atoms with van der Waals surface area (Å²) in [6, 6.07) is 4.50. The molecule has 0 aromatic heterocycles. The molecular formula is C13H17FN2O3. The first-order valence-electron chi connectivity index (χ1n) is 6.12. The number of rotatable bonds is 7.